The maximum absolute atomic E-state index is 12.6. The molecule has 3 aromatic rings. The standard InChI is InChI=1S/C21H26N4O4S3/c1-24(2)32(28,29)19-12-11-15(31-19)14-22-18(26)10-4-3-7-13-25-20(27)16-8-5-6-9-17(16)23-21(25)30/h5-6,8-9,11-12H,3-4,7,10,13-14H2,1-2H3,(H,22,26)(H,23,30). The first-order valence-corrected chi connectivity index (χ1v) is 12.9. The highest BCUT2D eigenvalue weighted by molar-refractivity contribution is 7.91. The third-order valence-electron chi connectivity index (χ3n) is 5.01. The Morgan fingerprint density at radius 3 is 2.66 bits per heavy atom. The number of aromatic amines is 1. The van der Waals surface area contributed by atoms with E-state index < -0.39 is 10.0 Å². The first-order valence-electron chi connectivity index (χ1n) is 10.2. The number of carbonyl (C=O) groups is 1. The Kier molecular flexibility index (Phi) is 7.99. The number of hydrogen-bond donors (Lipinski definition) is 2. The van der Waals surface area contributed by atoms with Crippen molar-refractivity contribution in [1.82, 2.24) is 19.2 Å². The maximum atomic E-state index is 12.6. The third-order valence-corrected chi connectivity index (χ3v) is 8.70. The molecule has 2 heterocycles. The quantitative estimate of drug-likeness (QED) is 0.333. The minimum Gasteiger partial charge on any atom is -0.351 e. The topological polar surface area (TPSA) is 104 Å². The van der Waals surface area contributed by atoms with Crippen molar-refractivity contribution in [1.29, 1.82) is 0 Å². The van der Waals surface area contributed by atoms with Crippen molar-refractivity contribution in [3.63, 3.8) is 0 Å². The number of para-hydroxylation sites is 1. The van der Waals surface area contributed by atoms with Crippen LogP contribution in [-0.4, -0.2) is 42.3 Å². The Balaban J connectivity index is 1.43. The van der Waals surface area contributed by atoms with Gasteiger partial charge in [-0.05, 0) is 49.3 Å². The third kappa shape index (κ3) is 5.71. The molecule has 8 nitrogen and oxygen atoms in total. The minimum absolute atomic E-state index is 0.0874. The molecule has 0 aliphatic rings. The van der Waals surface area contributed by atoms with Crippen LogP contribution in [0.25, 0.3) is 10.9 Å². The van der Waals surface area contributed by atoms with E-state index in [2.05, 4.69) is 10.3 Å². The van der Waals surface area contributed by atoms with Gasteiger partial charge in [0.25, 0.3) is 15.6 Å². The maximum Gasteiger partial charge on any atom is 0.262 e. The van der Waals surface area contributed by atoms with Crippen LogP contribution in [0.1, 0.15) is 30.6 Å². The molecule has 0 saturated carbocycles. The van der Waals surface area contributed by atoms with Crippen molar-refractivity contribution in [2.75, 3.05) is 14.1 Å². The summed E-state index contributed by atoms with van der Waals surface area (Å²) >= 11 is 6.46. The van der Waals surface area contributed by atoms with Gasteiger partial charge in [0.15, 0.2) is 4.77 Å². The number of amides is 1. The number of benzene rings is 1. The molecular formula is C21H26N4O4S3. The normalized spacial score (nSPS) is 11.8. The van der Waals surface area contributed by atoms with Crippen molar-refractivity contribution < 1.29 is 13.2 Å². The minimum atomic E-state index is -3.45. The molecule has 0 radical (unpaired) electrons. The van der Waals surface area contributed by atoms with E-state index in [0.29, 0.717) is 36.1 Å². The monoisotopic (exact) mass is 494 g/mol. The second-order valence-electron chi connectivity index (χ2n) is 7.53. The van der Waals surface area contributed by atoms with Crippen molar-refractivity contribution in [2.45, 2.75) is 43.0 Å². The van der Waals surface area contributed by atoms with Gasteiger partial charge >= 0.3 is 0 Å². The highest BCUT2D eigenvalue weighted by atomic mass is 32.2. The lowest BCUT2D eigenvalue weighted by Gasteiger charge is -2.08. The predicted octanol–water partition coefficient (Wildman–Crippen LogP) is 3.25. The summed E-state index contributed by atoms with van der Waals surface area (Å²) in [4.78, 5) is 28.6. The van der Waals surface area contributed by atoms with Crippen molar-refractivity contribution in [2.24, 2.45) is 0 Å². The lowest BCUT2D eigenvalue weighted by Crippen LogP contribution is -2.23. The van der Waals surface area contributed by atoms with Crippen LogP contribution in [0.2, 0.25) is 0 Å². The van der Waals surface area contributed by atoms with Crippen LogP contribution in [0.15, 0.2) is 45.4 Å². The number of fused-ring (bicyclic) bond motifs is 1. The number of rotatable bonds is 10. The van der Waals surface area contributed by atoms with Crippen molar-refractivity contribution in [3.05, 3.63) is 56.4 Å². The van der Waals surface area contributed by atoms with E-state index in [1.807, 2.05) is 18.2 Å². The molecule has 0 saturated heterocycles. The highest BCUT2D eigenvalue weighted by Gasteiger charge is 2.19. The number of unbranched alkanes of at least 4 members (excludes halogenated alkanes) is 2. The number of nitrogens with one attached hydrogen (secondary N) is 2. The lowest BCUT2D eigenvalue weighted by atomic mass is 10.2. The van der Waals surface area contributed by atoms with E-state index in [1.165, 1.54) is 18.4 Å². The van der Waals surface area contributed by atoms with Crippen LogP contribution in [0.3, 0.4) is 0 Å². The van der Waals surface area contributed by atoms with E-state index in [0.717, 1.165) is 34.6 Å². The molecule has 0 atom stereocenters. The molecule has 1 aromatic carbocycles. The molecule has 11 heteroatoms. The van der Waals surface area contributed by atoms with Crippen molar-refractivity contribution >= 4 is 50.4 Å². The summed E-state index contributed by atoms with van der Waals surface area (Å²) in [5, 5.41) is 3.43. The van der Waals surface area contributed by atoms with Gasteiger partial charge in [0.2, 0.25) is 5.91 Å². The number of thiophene rings is 1. The average Bonchev–Trinajstić information content (AvgIpc) is 3.24. The molecule has 0 spiro atoms. The second kappa shape index (κ2) is 10.5. The molecule has 1 amide bonds. The number of H-pyrrole nitrogens is 1. The number of aromatic nitrogens is 2. The molecule has 0 aliphatic carbocycles. The number of hydrogen-bond acceptors (Lipinski definition) is 6. The van der Waals surface area contributed by atoms with Crippen LogP contribution in [0, 0.1) is 4.77 Å². The Hall–Kier alpha value is -2.34. The molecule has 2 aromatic heterocycles. The van der Waals surface area contributed by atoms with E-state index in [-0.39, 0.29) is 15.7 Å². The predicted molar refractivity (Wildman–Crippen MR) is 129 cm³/mol. The molecule has 172 valence electrons. The fraction of sp³-hybridized carbons (Fsp3) is 0.381. The van der Waals surface area contributed by atoms with Gasteiger partial charge in [-0.1, -0.05) is 18.6 Å². The smallest absolute Gasteiger partial charge is 0.262 e. The van der Waals surface area contributed by atoms with E-state index in [9.17, 15) is 18.0 Å². The Labute approximate surface area is 195 Å². The Morgan fingerprint density at radius 2 is 1.91 bits per heavy atom. The molecule has 0 aliphatic heterocycles. The lowest BCUT2D eigenvalue weighted by molar-refractivity contribution is -0.121. The van der Waals surface area contributed by atoms with Crippen LogP contribution >= 0.6 is 23.6 Å². The molecule has 2 N–H and O–H groups in total. The van der Waals surface area contributed by atoms with Gasteiger partial charge in [-0.2, -0.15) is 0 Å². The highest BCUT2D eigenvalue weighted by Crippen LogP contribution is 2.23. The summed E-state index contributed by atoms with van der Waals surface area (Å²) in [7, 11) is -0.478. The zero-order chi connectivity index (χ0) is 23.3. The number of sulfonamides is 1. The zero-order valence-electron chi connectivity index (χ0n) is 18.0. The molecule has 0 bridgehead atoms. The van der Waals surface area contributed by atoms with Gasteiger partial charge in [-0.25, -0.2) is 12.7 Å². The summed E-state index contributed by atoms with van der Waals surface area (Å²) in [5.74, 6) is -0.0874. The van der Waals surface area contributed by atoms with Crippen molar-refractivity contribution in [3.8, 4) is 0 Å². The van der Waals surface area contributed by atoms with Gasteiger partial charge in [0.1, 0.15) is 4.21 Å². The second-order valence-corrected chi connectivity index (χ2v) is 11.5. The summed E-state index contributed by atoms with van der Waals surface area (Å²) in [6.07, 6.45) is 2.58. The summed E-state index contributed by atoms with van der Waals surface area (Å²) in [5.41, 5.74) is 0.626. The fourth-order valence-electron chi connectivity index (χ4n) is 3.18. The van der Waals surface area contributed by atoms with Crippen LogP contribution in [-0.2, 0) is 27.9 Å². The van der Waals surface area contributed by atoms with Gasteiger partial charge in [-0.3, -0.25) is 14.2 Å². The van der Waals surface area contributed by atoms with Gasteiger partial charge in [0, 0.05) is 31.9 Å². The van der Waals surface area contributed by atoms with Gasteiger partial charge in [0.05, 0.1) is 17.4 Å². The molecule has 32 heavy (non-hydrogen) atoms. The molecular weight excluding hydrogens is 468 g/mol. The number of carbonyl (C=O) groups excluding carboxylic acids is 1. The Morgan fingerprint density at radius 1 is 1.16 bits per heavy atom. The van der Waals surface area contributed by atoms with Crippen LogP contribution in [0.5, 0.6) is 0 Å². The average molecular weight is 495 g/mol. The largest absolute Gasteiger partial charge is 0.351 e. The van der Waals surface area contributed by atoms with Crippen LogP contribution in [0.4, 0.5) is 0 Å². The van der Waals surface area contributed by atoms with Crippen LogP contribution < -0.4 is 10.9 Å². The van der Waals surface area contributed by atoms with E-state index in [4.69, 9.17) is 12.2 Å². The number of nitrogens with zero attached hydrogens (tertiary/aromatic N) is 2. The summed E-state index contributed by atoms with van der Waals surface area (Å²) in [6.45, 7) is 0.799. The molecule has 3 rings (SSSR count). The first-order chi connectivity index (χ1) is 15.2. The summed E-state index contributed by atoms with van der Waals surface area (Å²) < 4.78 is 27.6. The van der Waals surface area contributed by atoms with E-state index in [1.54, 1.807) is 22.8 Å². The van der Waals surface area contributed by atoms with Gasteiger partial charge in [-0.15, -0.1) is 11.3 Å². The zero-order valence-corrected chi connectivity index (χ0v) is 20.4. The Bertz CT molecular complexity index is 1320. The molecule has 0 fully saturated rings. The SMILES string of the molecule is CN(C)S(=O)(=O)c1ccc(CNC(=O)CCCCCn2c(=S)[nH]c3ccccc3c2=O)s1. The summed E-state index contributed by atoms with van der Waals surface area (Å²) in [6, 6.07) is 10.5. The van der Waals surface area contributed by atoms with E-state index >= 15 is 0 Å². The first kappa shape index (κ1) is 24.3. The molecule has 0 unspecified atom stereocenters. The van der Waals surface area contributed by atoms with Gasteiger partial charge < -0.3 is 10.3 Å². The fourth-order valence-corrected chi connectivity index (χ4v) is 5.93.